The standard InChI is InChI=1S/C14H28N2O2/c1-11(2)16-14(3,13(15)17)10-18-12-8-6-4-5-7-9-12/h11-12,16H,4-10H2,1-3H3,(H2,15,17). The number of hydrogen-bond donors (Lipinski definition) is 2. The van der Waals surface area contributed by atoms with Crippen molar-refractivity contribution < 1.29 is 9.53 Å². The van der Waals surface area contributed by atoms with Crippen molar-refractivity contribution >= 4 is 5.91 Å². The monoisotopic (exact) mass is 256 g/mol. The van der Waals surface area contributed by atoms with Crippen LogP contribution in [0.1, 0.15) is 59.3 Å². The van der Waals surface area contributed by atoms with E-state index in [9.17, 15) is 4.79 Å². The molecular weight excluding hydrogens is 228 g/mol. The molecule has 1 unspecified atom stereocenters. The van der Waals surface area contributed by atoms with Crippen molar-refractivity contribution in [2.75, 3.05) is 6.61 Å². The molecule has 1 fully saturated rings. The van der Waals surface area contributed by atoms with Crippen LogP contribution in [-0.4, -0.2) is 30.2 Å². The summed E-state index contributed by atoms with van der Waals surface area (Å²) in [7, 11) is 0. The van der Waals surface area contributed by atoms with Gasteiger partial charge in [-0.15, -0.1) is 0 Å². The first-order valence-corrected chi connectivity index (χ1v) is 7.13. The minimum absolute atomic E-state index is 0.209. The predicted molar refractivity (Wildman–Crippen MR) is 73.3 cm³/mol. The molecule has 0 bridgehead atoms. The average Bonchev–Trinajstić information content (AvgIpc) is 2.53. The van der Waals surface area contributed by atoms with Gasteiger partial charge in [0.1, 0.15) is 5.54 Å². The maximum atomic E-state index is 11.6. The molecule has 0 aromatic carbocycles. The van der Waals surface area contributed by atoms with Crippen molar-refractivity contribution in [3.63, 3.8) is 0 Å². The number of carbonyl (C=O) groups excluding carboxylic acids is 1. The zero-order valence-corrected chi connectivity index (χ0v) is 12.0. The summed E-state index contributed by atoms with van der Waals surface area (Å²) in [5, 5.41) is 3.21. The number of nitrogens with one attached hydrogen (secondary N) is 1. The highest BCUT2D eigenvalue weighted by Gasteiger charge is 2.32. The Morgan fingerprint density at radius 3 is 2.33 bits per heavy atom. The molecule has 1 atom stereocenters. The van der Waals surface area contributed by atoms with Crippen LogP contribution in [0.2, 0.25) is 0 Å². The first kappa shape index (κ1) is 15.4. The number of hydrogen-bond acceptors (Lipinski definition) is 3. The fraction of sp³-hybridized carbons (Fsp3) is 0.929. The van der Waals surface area contributed by atoms with Gasteiger partial charge in [-0.25, -0.2) is 0 Å². The third-order valence-corrected chi connectivity index (χ3v) is 3.56. The third-order valence-electron chi connectivity index (χ3n) is 3.56. The van der Waals surface area contributed by atoms with E-state index in [0.717, 1.165) is 12.8 Å². The van der Waals surface area contributed by atoms with Gasteiger partial charge in [-0.05, 0) is 33.6 Å². The van der Waals surface area contributed by atoms with Gasteiger partial charge in [0.05, 0.1) is 12.7 Å². The second-order valence-corrected chi connectivity index (χ2v) is 5.92. The Morgan fingerprint density at radius 2 is 1.89 bits per heavy atom. The van der Waals surface area contributed by atoms with Crippen molar-refractivity contribution in [2.45, 2.75) is 77.0 Å². The van der Waals surface area contributed by atoms with E-state index in [-0.39, 0.29) is 11.9 Å². The number of amides is 1. The molecule has 1 aliphatic rings. The van der Waals surface area contributed by atoms with E-state index in [2.05, 4.69) is 5.32 Å². The second kappa shape index (κ2) is 7.10. The van der Waals surface area contributed by atoms with Crippen molar-refractivity contribution in [1.29, 1.82) is 0 Å². The van der Waals surface area contributed by atoms with Gasteiger partial charge in [0.25, 0.3) is 0 Å². The third kappa shape index (κ3) is 4.94. The molecule has 18 heavy (non-hydrogen) atoms. The molecule has 4 heteroatoms. The fourth-order valence-corrected chi connectivity index (χ4v) is 2.51. The summed E-state index contributed by atoms with van der Waals surface area (Å²) < 4.78 is 5.93. The molecular formula is C14H28N2O2. The lowest BCUT2D eigenvalue weighted by Gasteiger charge is -2.31. The molecule has 0 spiro atoms. The van der Waals surface area contributed by atoms with Gasteiger partial charge in [0.2, 0.25) is 5.91 Å². The van der Waals surface area contributed by atoms with Crippen molar-refractivity contribution in [3.05, 3.63) is 0 Å². The number of nitrogens with two attached hydrogens (primary N) is 1. The first-order chi connectivity index (χ1) is 8.44. The van der Waals surface area contributed by atoms with Gasteiger partial charge in [-0.3, -0.25) is 10.1 Å². The normalized spacial score (nSPS) is 21.6. The molecule has 1 rings (SSSR count). The number of ether oxygens (including phenoxy) is 1. The number of carbonyl (C=O) groups is 1. The summed E-state index contributed by atoms with van der Waals surface area (Å²) >= 11 is 0. The summed E-state index contributed by atoms with van der Waals surface area (Å²) in [5.74, 6) is -0.343. The largest absolute Gasteiger partial charge is 0.376 e. The van der Waals surface area contributed by atoms with E-state index in [0.29, 0.717) is 12.7 Å². The van der Waals surface area contributed by atoms with Crippen LogP contribution in [-0.2, 0) is 9.53 Å². The molecule has 1 amide bonds. The SMILES string of the molecule is CC(C)NC(C)(COC1CCCCCC1)C(N)=O. The molecule has 0 heterocycles. The van der Waals surface area contributed by atoms with Gasteiger partial charge in [0, 0.05) is 6.04 Å². The minimum atomic E-state index is -0.763. The molecule has 0 aromatic rings. The van der Waals surface area contributed by atoms with Gasteiger partial charge in [-0.2, -0.15) is 0 Å². The smallest absolute Gasteiger partial charge is 0.239 e. The topological polar surface area (TPSA) is 64.3 Å². The average molecular weight is 256 g/mol. The highest BCUT2D eigenvalue weighted by molar-refractivity contribution is 5.84. The Balaban J connectivity index is 2.48. The molecule has 1 saturated carbocycles. The molecule has 0 saturated heterocycles. The highest BCUT2D eigenvalue weighted by Crippen LogP contribution is 2.21. The summed E-state index contributed by atoms with van der Waals surface area (Å²) in [4.78, 5) is 11.6. The zero-order chi connectivity index (χ0) is 13.6. The van der Waals surface area contributed by atoms with Crippen LogP contribution in [0.5, 0.6) is 0 Å². The predicted octanol–water partition coefficient (Wildman–Crippen LogP) is 1.97. The van der Waals surface area contributed by atoms with Crippen LogP contribution < -0.4 is 11.1 Å². The van der Waals surface area contributed by atoms with E-state index in [1.807, 2.05) is 20.8 Å². The van der Waals surface area contributed by atoms with Crippen LogP contribution in [0.25, 0.3) is 0 Å². The van der Waals surface area contributed by atoms with Gasteiger partial charge < -0.3 is 10.5 Å². The Labute approximate surface area is 111 Å². The Morgan fingerprint density at radius 1 is 1.33 bits per heavy atom. The van der Waals surface area contributed by atoms with Gasteiger partial charge >= 0.3 is 0 Å². The van der Waals surface area contributed by atoms with Crippen LogP contribution in [0, 0.1) is 0 Å². The summed E-state index contributed by atoms with van der Waals surface area (Å²) in [5.41, 5.74) is 4.72. The molecule has 1 aliphatic carbocycles. The lowest BCUT2D eigenvalue weighted by Crippen LogP contribution is -2.58. The minimum Gasteiger partial charge on any atom is -0.376 e. The maximum Gasteiger partial charge on any atom is 0.239 e. The fourth-order valence-electron chi connectivity index (χ4n) is 2.51. The zero-order valence-electron chi connectivity index (χ0n) is 12.0. The van der Waals surface area contributed by atoms with E-state index >= 15 is 0 Å². The van der Waals surface area contributed by atoms with Gasteiger partial charge in [-0.1, -0.05) is 25.7 Å². The van der Waals surface area contributed by atoms with E-state index in [1.165, 1.54) is 25.7 Å². The first-order valence-electron chi connectivity index (χ1n) is 7.13. The number of primary amides is 1. The molecule has 3 N–H and O–H groups in total. The highest BCUT2D eigenvalue weighted by atomic mass is 16.5. The van der Waals surface area contributed by atoms with Crippen molar-refractivity contribution in [3.8, 4) is 0 Å². The summed E-state index contributed by atoms with van der Waals surface area (Å²) in [6.45, 7) is 6.21. The molecule has 0 aliphatic heterocycles. The second-order valence-electron chi connectivity index (χ2n) is 5.92. The Kier molecular flexibility index (Phi) is 6.09. The van der Waals surface area contributed by atoms with Crippen LogP contribution in [0.3, 0.4) is 0 Å². The van der Waals surface area contributed by atoms with E-state index < -0.39 is 5.54 Å². The Hall–Kier alpha value is -0.610. The van der Waals surface area contributed by atoms with Crippen LogP contribution in [0.4, 0.5) is 0 Å². The molecule has 0 aromatic heterocycles. The Bertz CT molecular complexity index is 261. The quantitative estimate of drug-likeness (QED) is 0.714. The molecule has 106 valence electrons. The van der Waals surface area contributed by atoms with Crippen molar-refractivity contribution in [2.24, 2.45) is 5.73 Å². The summed E-state index contributed by atoms with van der Waals surface area (Å²) in [6, 6.07) is 0.209. The maximum absolute atomic E-state index is 11.6. The molecule has 4 nitrogen and oxygen atoms in total. The van der Waals surface area contributed by atoms with Crippen LogP contribution in [0.15, 0.2) is 0 Å². The van der Waals surface area contributed by atoms with E-state index in [4.69, 9.17) is 10.5 Å². The summed E-state index contributed by atoms with van der Waals surface area (Å²) in [6.07, 6.45) is 7.58. The number of rotatable bonds is 6. The van der Waals surface area contributed by atoms with E-state index in [1.54, 1.807) is 0 Å². The van der Waals surface area contributed by atoms with Crippen molar-refractivity contribution in [1.82, 2.24) is 5.32 Å². The lowest BCUT2D eigenvalue weighted by atomic mass is 10.0. The lowest BCUT2D eigenvalue weighted by molar-refractivity contribution is -0.128. The van der Waals surface area contributed by atoms with Crippen LogP contribution >= 0.6 is 0 Å². The molecule has 0 radical (unpaired) electrons. The van der Waals surface area contributed by atoms with Gasteiger partial charge in [0.15, 0.2) is 0 Å².